The van der Waals surface area contributed by atoms with Gasteiger partial charge in [0.1, 0.15) is 5.75 Å². The number of hydrazine groups is 1. The molecule has 0 aromatic heterocycles. The molecule has 3 rings (SSSR count). The molecule has 0 spiro atoms. The Kier molecular flexibility index (Phi) is 5.66. The monoisotopic (exact) mass is 411 g/mol. The number of carbonyl (C=O) groups is 2. The van der Waals surface area contributed by atoms with Crippen LogP contribution >= 0.6 is 0 Å². The van der Waals surface area contributed by atoms with E-state index in [2.05, 4.69) is 10.7 Å². The first-order chi connectivity index (χ1) is 13.7. The molecule has 2 aromatic carbocycles. The summed E-state index contributed by atoms with van der Waals surface area (Å²) >= 11 is 0. The van der Waals surface area contributed by atoms with Crippen molar-refractivity contribution in [2.24, 2.45) is 0 Å². The molecular formula is C18H16F3N3O5. The summed E-state index contributed by atoms with van der Waals surface area (Å²) in [5.74, 6) is 0.711. The van der Waals surface area contributed by atoms with Gasteiger partial charge in [-0.3, -0.25) is 10.2 Å². The minimum atomic E-state index is -4.54. The van der Waals surface area contributed by atoms with Gasteiger partial charge in [0.05, 0.1) is 5.56 Å². The zero-order valence-electron chi connectivity index (χ0n) is 15.0. The van der Waals surface area contributed by atoms with Gasteiger partial charge in [0, 0.05) is 11.8 Å². The number of nitrogens with one attached hydrogen (secondary N) is 3. The number of anilines is 1. The molecule has 0 bridgehead atoms. The minimum Gasteiger partial charge on any atom is -0.481 e. The summed E-state index contributed by atoms with van der Waals surface area (Å²) < 4.78 is 53.9. The number of halogens is 3. The molecule has 2 aromatic rings. The van der Waals surface area contributed by atoms with Crippen molar-refractivity contribution in [2.75, 3.05) is 12.1 Å². The second-order valence-corrected chi connectivity index (χ2v) is 5.92. The van der Waals surface area contributed by atoms with Crippen molar-refractivity contribution in [3.8, 4) is 17.2 Å². The van der Waals surface area contributed by atoms with Crippen LogP contribution in [0.4, 0.5) is 23.7 Å². The molecule has 0 saturated heterocycles. The van der Waals surface area contributed by atoms with Gasteiger partial charge in [0.25, 0.3) is 5.91 Å². The Balaban J connectivity index is 1.49. The molecular weight excluding hydrogens is 395 g/mol. The van der Waals surface area contributed by atoms with Gasteiger partial charge in [-0.1, -0.05) is 6.07 Å². The Bertz CT molecular complexity index is 920. The van der Waals surface area contributed by atoms with Crippen molar-refractivity contribution in [2.45, 2.75) is 19.2 Å². The Morgan fingerprint density at radius 3 is 2.59 bits per heavy atom. The van der Waals surface area contributed by atoms with Gasteiger partial charge in [0.2, 0.25) is 6.79 Å². The molecule has 8 nitrogen and oxygen atoms in total. The van der Waals surface area contributed by atoms with Crippen LogP contribution in [0.1, 0.15) is 12.5 Å². The average Bonchev–Trinajstić information content (AvgIpc) is 3.13. The third kappa shape index (κ3) is 5.21. The summed E-state index contributed by atoms with van der Waals surface area (Å²) in [6.07, 6.45) is -5.52. The highest BCUT2D eigenvalue weighted by Gasteiger charge is 2.30. The third-order valence-electron chi connectivity index (χ3n) is 3.77. The number of alkyl halides is 3. The highest BCUT2D eigenvalue weighted by molar-refractivity contribution is 5.91. The predicted molar refractivity (Wildman–Crippen MR) is 94.4 cm³/mol. The largest absolute Gasteiger partial charge is 0.481 e. The quantitative estimate of drug-likeness (QED) is 0.672. The fourth-order valence-corrected chi connectivity index (χ4v) is 2.36. The number of amides is 3. The van der Waals surface area contributed by atoms with Crippen LogP contribution in [0.15, 0.2) is 42.5 Å². The van der Waals surface area contributed by atoms with E-state index in [-0.39, 0.29) is 12.5 Å². The molecule has 1 unspecified atom stereocenters. The summed E-state index contributed by atoms with van der Waals surface area (Å²) in [5.41, 5.74) is 3.16. The number of hydrogen-bond donors (Lipinski definition) is 3. The van der Waals surface area contributed by atoms with Crippen molar-refractivity contribution in [1.29, 1.82) is 0 Å². The first kappa shape index (κ1) is 20.1. The number of fused-ring (bicyclic) bond motifs is 1. The van der Waals surface area contributed by atoms with Gasteiger partial charge in [-0.2, -0.15) is 13.2 Å². The smallest absolute Gasteiger partial charge is 0.416 e. The molecule has 1 aliphatic heterocycles. The van der Waals surface area contributed by atoms with E-state index >= 15 is 0 Å². The van der Waals surface area contributed by atoms with Crippen LogP contribution in [-0.2, 0) is 11.0 Å². The number of benzene rings is 2. The van der Waals surface area contributed by atoms with Gasteiger partial charge in [-0.15, -0.1) is 0 Å². The highest BCUT2D eigenvalue weighted by Crippen LogP contribution is 2.35. The molecule has 1 aliphatic rings. The van der Waals surface area contributed by atoms with Gasteiger partial charge in [-0.25, -0.2) is 10.2 Å². The summed E-state index contributed by atoms with van der Waals surface area (Å²) in [7, 11) is 0. The maximum Gasteiger partial charge on any atom is 0.416 e. The lowest BCUT2D eigenvalue weighted by Gasteiger charge is -2.16. The van der Waals surface area contributed by atoms with Crippen LogP contribution in [-0.4, -0.2) is 24.8 Å². The Morgan fingerprint density at radius 1 is 1.07 bits per heavy atom. The molecule has 0 saturated carbocycles. The lowest BCUT2D eigenvalue weighted by atomic mass is 10.2. The third-order valence-corrected chi connectivity index (χ3v) is 3.77. The van der Waals surface area contributed by atoms with Crippen LogP contribution in [0.3, 0.4) is 0 Å². The van der Waals surface area contributed by atoms with Crippen molar-refractivity contribution in [1.82, 2.24) is 10.9 Å². The average molecular weight is 411 g/mol. The number of hydrogen-bond acceptors (Lipinski definition) is 5. The lowest BCUT2D eigenvalue weighted by Crippen LogP contribution is -2.48. The Morgan fingerprint density at radius 2 is 1.83 bits per heavy atom. The molecule has 0 aliphatic carbocycles. The molecule has 3 amide bonds. The summed E-state index contributed by atoms with van der Waals surface area (Å²) in [6.45, 7) is 1.55. The summed E-state index contributed by atoms with van der Waals surface area (Å²) in [6, 6.07) is 7.93. The van der Waals surface area contributed by atoms with E-state index in [0.29, 0.717) is 17.2 Å². The van der Waals surface area contributed by atoms with Crippen LogP contribution in [0, 0.1) is 0 Å². The first-order valence-electron chi connectivity index (χ1n) is 8.33. The molecule has 29 heavy (non-hydrogen) atoms. The van der Waals surface area contributed by atoms with Crippen molar-refractivity contribution < 1.29 is 37.0 Å². The van der Waals surface area contributed by atoms with E-state index in [1.807, 2.05) is 5.43 Å². The fraction of sp³-hybridized carbons (Fsp3) is 0.222. The number of ether oxygens (including phenoxy) is 3. The molecule has 0 radical (unpaired) electrons. The molecule has 154 valence electrons. The van der Waals surface area contributed by atoms with Crippen LogP contribution in [0.25, 0.3) is 0 Å². The number of urea groups is 1. The zero-order chi connectivity index (χ0) is 21.0. The van der Waals surface area contributed by atoms with Gasteiger partial charge in [-0.05, 0) is 37.3 Å². The normalized spacial score (nSPS) is 13.4. The van der Waals surface area contributed by atoms with E-state index in [1.165, 1.54) is 13.0 Å². The van der Waals surface area contributed by atoms with Crippen LogP contribution in [0.5, 0.6) is 17.2 Å². The molecule has 0 fully saturated rings. The van der Waals surface area contributed by atoms with Crippen LogP contribution < -0.4 is 30.4 Å². The fourth-order valence-electron chi connectivity index (χ4n) is 2.36. The van der Waals surface area contributed by atoms with Crippen molar-refractivity contribution >= 4 is 17.6 Å². The lowest BCUT2D eigenvalue weighted by molar-refractivity contribution is -0.137. The van der Waals surface area contributed by atoms with E-state index in [1.54, 1.807) is 18.2 Å². The predicted octanol–water partition coefficient (Wildman–Crippen LogP) is 3.05. The maximum atomic E-state index is 12.7. The number of carbonyl (C=O) groups excluding carboxylic acids is 2. The first-order valence-corrected chi connectivity index (χ1v) is 8.33. The highest BCUT2D eigenvalue weighted by atomic mass is 19.4. The van der Waals surface area contributed by atoms with E-state index < -0.39 is 29.8 Å². The van der Waals surface area contributed by atoms with Crippen molar-refractivity contribution in [3.05, 3.63) is 48.0 Å². The number of rotatable bonds is 4. The Hall–Kier alpha value is -3.63. The van der Waals surface area contributed by atoms with Gasteiger partial charge in [0.15, 0.2) is 17.6 Å². The Labute approximate surface area is 162 Å². The molecule has 3 N–H and O–H groups in total. The SMILES string of the molecule is CC(Oc1ccc2c(c1)OCO2)C(=O)NNC(=O)Nc1cccc(C(F)(F)F)c1. The minimum absolute atomic E-state index is 0.0868. The van der Waals surface area contributed by atoms with Gasteiger partial charge >= 0.3 is 12.2 Å². The van der Waals surface area contributed by atoms with E-state index in [4.69, 9.17) is 14.2 Å². The summed E-state index contributed by atoms with van der Waals surface area (Å²) in [4.78, 5) is 23.8. The topological polar surface area (TPSA) is 97.9 Å². The molecule has 11 heteroatoms. The molecule has 1 atom stereocenters. The molecule has 1 heterocycles. The standard InChI is InChI=1S/C18H16F3N3O5/c1-10(29-13-5-6-14-15(8-13)28-9-27-14)16(25)23-24-17(26)22-12-4-2-3-11(7-12)18(19,20)21/h2-8,10H,9H2,1H3,(H,23,25)(H2,22,24,26). The van der Waals surface area contributed by atoms with Crippen molar-refractivity contribution in [3.63, 3.8) is 0 Å². The summed E-state index contributed by atoms with van der Waals surface area (Å²) in [5, 5.41) is 2.19. The maximum absolute atomic E-state index is 12.7. The zero-order valence-corrected chi connectivity index (χ0v) is 15.0. The van der Waals surface area contributed by atoms with E-state index in [0.717, 1.165) is 18.2 Å². The van der Waals surface area contributed by atoms with E-state index in [9.17, 15) is 22.8 Å². The van der Waals surface area contributed by atoms with Crippen LogP contribution in [0.2, 0.25) is 0 Å². The second kappa shape index (κ2) is 8.17. The van der Waals surface area contributed by atoms with Gasteiger partial charge < -0.3 is 19.5 Å². The second-order valence-electron chi connectivity index (χ2n) is 5.92.